The molecule has 70 valence electrons. The number of ether oxygens (including phenoxy) is 1. The van der Waals surface area contributed by atoms with Crippen molar-refractivity contribution in [3.63, 3.8) is 0 Å². The molecule has 0 saturated heterocycles. The summed E-state index contributed by atoms with van der Waals surface area (Å²) in [5.74, 6) is 1.81. The third kappa shape index (κ3) is 1.69. The van der Waals surface area contributed by atoms with Crippen LogP contribution < -0.4 is 4.74 Å². The van der Waals surface area contributed by atoms with E-state index >= 15 is 0 Å². The maximum atomic E-state index is 5.68. The van der Waals surface area contributed by atoms with Gasteiger partial charge in [0.15, 0.2) is 0 Å². The molecule has 1 heterocycles. The Hall–Kier alpha value is -0.980. The predicted molar refractivity (Wildman–Crippen MR) is 54.2 cm³/mol. The minimum absolute atomic E-state index is 0.717. The quantitative estimate of drug-likeness (QED) is 0.639. The Morgan fingerprint density at radius 2 is 2.31 bits per heavy atom. The summed E-state index contributed by atoms with van der Waals surface area (Å²) in [6, 6.07) is 6.46. The first-order chi connectivity index (χ1) is 6.29. The van der Waals surface area contributed by atoms with Gasteiger partial charge in [-0.2, -0.15) is 0 Å². The zero-order valence-corrected chi connectivity index (χ0v) is 8.34. The van der Waals surface area contributed by atoms with Gasteiger partial charge < -0.3 is 4.74 Å². The summed E-state index contributed by atoms with van der Waals surface area (Å²) in [6.45, 7) is 5.26. The largest absolute Gasteiger partial charge is 0.493 e. The molecule has 0 spiro atoms. The molecule has 0 fully saturated rings. The van der Waals surface area contributed by atoms with E-state index in [9.17, 15) is 0 Å². The fourth-order valence-electron chi connectivity index (χ4n) is 1.85. The summed E-state index contributed by atoms with van der Waals surface area (Å²) in [5, 5.41) is 0. The monoisotopic (exact) mass is 176 g/mol. The van der Waals surface area contributed by atoms with Gasteiger partial charge in [0.1, 0.15) is 5.75 Å². The van der Waals surface area contributed by atoms with Gasteiger partial charge in [-0.3, -0.25) is 0 Å². The van der Waals surface area contributed by atoms with Crippen LogP contribution >= 0.6 is 0 Å². The van der Waals surface area contributed by atoms with Gasteiger partial charge in [0, 0.05) is 0 Å². The second kappa shape index (κ2) is 3.41. The van der Waals surface area contributed by atoms with Crippen molar-refractivity contribution in [1.82, 2.24) is 0 Å². The van der Waals surface area contributed by atoms with Crippen LogP contribution in [-0.2, 0) is 6.42 Å². The SMILES string of the molecule is CCC1COc2ccc(C)cc2C1. The molecule has 2 rings (SSSR count). The van der Waals surface area contributed by atoms with Gasteiger partial charge in [0.05, 0.1) is 6.61 Å². The lowest BCUT2D eigenvalue weighted by Gasteiger charge is -2.24. The molecule has 1 aliphatic rings. The standard InChI is InChI=1S/C12H16O/c1-3-10-7-11-6-9(2)4-5-12(11)13-8-10/h4-6,10H,3,7-8H2,1-2H3. The first-order valence-corrected chi connectivity index (χ1v) is 5.02. The maximum absolute atomic E-state index is 5.68. The topological polar surface area (TPSA) is 9.23 Å². The Balaban J connectivity index is 2.27. The van der Waals surface area contributed by atoms with E-state index in [1.54, 1.807) is 0 Å². The smallest absolute Gasteiger partial charge is 0.122 e. The van der Waals surface area contributed by atoms with Crippen LogP contribution in [0.3, 0.4) is 0 Å². The fourth-order valence-corrected chi connectivity index (χ4v) is 1.85. The van der Waals surface area contributed by atoms with Gasteiger partial charge in [-0.05, 0) is 37.3 Å². The molecule has 0 N–H and O–H groups in total. The molecule has 13 heavy (non-hydrogen) atoms. The minimum Gasteiger partial charge on any atom is -0.493 e. The highest BCUT2D eigenvalue weighted by Gasteiger charge is 2.17. The van der Waals surface area contributed by atoms with Crippen LogP contribution in [0.2, 0.25) is 0 Å². The molecule has 1 unspecified atom stereocenters. The average molecular weight is 176 g/mol. The Bertz CT molecular complexity index is 304. The molecule has 0 bridgehead atoms. The van der Waals surface area contributed by atoms with E-state index in [2.05, 4.69) is 32.0 Å². The Morgan fingerprint density at radius 1 is 1.46 bits per heavy atom. The molecular formula is C12H16O. The summed E-state index contributed by atoms with van der Waals surface area (Å²) < 4.78 is 5.68. The molecule has 1 aromatic rings. The van der Waals surface area contributed by atoms with Crippen molar-refractivity contribution < 1.29 is 4.74 Å². The summed E-state index contributed by atoms with van der Waals surface area (Å²) in [6.07, 6.45) is 2.40. The number of aryl methyl sites for hydroxylation is 1. The van der Waals surface area contributed by atoms with Gasteiger partial charge in [0.2, 0.25) is 0 Å². The van der Waals surface area contributed by atoms with E-state index in [0.29, 0.717) is 5.92 Å². The number of fused-ring (bicyclic) bond motifs is 1. The molecule has 0 amide bonds. The highest BCUT2D eigenvalue weighted by Crippen LogP contribution is 2.28. The lowest BCUT2D eigenvalue weighted by Crippen LogP contribution is -2.20. The second-order valence-corrected chi connectivity index (χ2v) is 3.90. The highest BCUT2D eigenvalue weighted by atomic mass is 16.5. The molecule has 0 aromatic heterocycles. The molecule has 0 saturated carbocycles. The molecule has 0 aliphatic carbocycles. The summed E-state index contributed by atoms with van der Waals surface area (Å²) >= 11 is 0. The number of benzene rings is 1. The molecule has 1 nitrogen and oxygen atoms in total. The fraction of sp³-hybridized carbons (Fsp3) is 0.500. The predicted octanol–water partition coefficient (Wildman–Crippen LogP) is 2.96. The van der Waals surface area contributed by atoms with E-state index in [-0.39, 0.29) is 0 Å². The van der Waals surface area contributed by atoms with E-state index in [0.717, 1.165) is 12.4 Å². The Kier molecular flexibility index (Phi) is 2.26. The highest BCUT2D eigenvalue weighted by molar-refractivity contribution is 5.38. The Labute approximate surface area is 79.7 Å². The first kappa shape index (κ1) is 8.61. The molecule has 1 aliphatic heterocycles. The Morgan fingerprint density at radius 3 is 3.08 bits per heavy atom. The van der Waals surface area contributed by atoms with Gasteiger partial charge in [-0.1, -0.05) is 24.6 Å². The van der Waals surface area contributed by atoms with Crippen molar-refractivity contribution in [1.29, 1.82) is 0 Å². The molecule has 0 radical (unpaired) electrons. The summed E-state index contributed by atoms with van der Waals surface area (Å²) in [7, 11) is 0. The van der Waals surface area contributed by atoms with Crippen molar-refractivity contribution >= 4 is 0 Å². The summed E-state index contributed by atoms with van der Waals surface area (Å²) in [5.41, 5.74) is 2.72. The van der Waals surface area contributed by atoms with Crippen molar-refractivity contribution in [3.05, 3.63) is 29.3 Å². The third-order valence-corrected chi connectivity index (χ3v) is 2.78. The van der Waals surface area contributed by atoms with Gasteiger partial charge in [-0.15, -0.1) is 0 Å². The van der Waals surface area contributed by atoms with Crippen molar-refractivity contribution in [2.75, 3.05) is 6.61 Å². The zero-order chi connectivity index (χ0) is 9.26. The molecule has 1 aromatic carbocycles. The van der Waals surface area contributed by atoms with Crippen LogP contribution in [0.4, 0.5) is 0 Å². The van der Waals surface area contributed by atoms with E-state index < -0.39 is 0 Å². The maximum Gasteiger partial charge on any atom is 0.122 e. The van der Waals surface area contributed by atoms with Crippen molar-refractivity contribution in [2.24, 2.45) is 5.92 Å². The minimum atomic E-state index is 0.717. The second-order valence-electron chi connectivity index (χ2n) is 3.90. The number of rotatable bonds is 1. The van der Waals surface area contributed by atoms with Crippen LogP contribution in [0, 0.1) is 12.8 Å². The number of hydrogen-bond acceptors (Lipinski definition) is 1. The van der Waals surface area contributed by atoms with Gasteiger partial charge in [-0.25, -0.2) is 0 Å². The lowest BCUT2D eigenvalue weighted by atomic mass is 9.94. The van der Waals surface area contributed by atoms with Gasteiger partial charge >= 0.3 is 0 Å². The van der Waals surface area contributed by atoms with Crippen LogP contribution in [0.25, 0.3) is 0 Å². The normalized spacial score (nSPS) is 20.6. The van der Waals surface area contributed by atoms with Crippen LogP contribution in [0.5, 0.6) is 5.75 Å². The first-order valence-electron chi connectivity index (χ1n) is 5.02. The molecular weight excluding hydrogens is 160 g/mol. The summed E-state index contributed by atoms with van der Waals surface area (Å²) in [4.78, 5) is 0. The van der Waals surface area contributed by atoms with E-state index in [4.69, 9.17) is 4.74 Å². The van der Waals surface area contributed by atoms with Crippen molar-refractivity contribution in [2.45, 2.75) is 26.7 Å². The van der Waals surface area contributed by atoms with Crippen LogP contribution in [0.15, 0.2) is 18.2 Å². The van der Waals surface area contributed by atoms with Crippen molar-refractivity contribution in [3.8, 4) is 5.75 Å². The molecule has 1 atom stereocenters. The zero-order valence-electron chi connectivity index (χ0n) is 8.34. The van der Waals surface area contributed by atoms with E-state index in [1.807, 2.05) is 0 Å². The molecule has 1 heteroatoms. The average Bonchev–Trinajstić information content (AvgIpc) is 2.16. The van der Waals surface area contributed by atoms with Crippen LogP contribution in [0.1, 0.15) is 24.5 Å². The van der Waals surface area contributed by atoms with E-state index in [1.165, 1.54) is 24.0 Å². The number of hydrogen-bond donors (Lipinski definition) is 0. The lowest BCUT2D eigenvalue weighted by molar-refractivity contribution is 0.218. The third-order valence-electron chi connectivity index (χ3n) is 2.78. The van der Waals surface area contributed by atoms with Gasteiger partial charge in [0.25, 0.3) is 0 Å². The van der Waals surface area contributed by atoms with Crippen LogP contribution in [-0.4, -0.2) is 6.61 Å².